The number of halogens is 3. The summed E-state index contributed by atoms with van der Waals surface area (Å²) in [5.74, 6) is -0.0360. The minimum absolute atomic E-state index is 0.113. The van der Waals surface area contributed by atoms with Crippen molar-refractivity contribution in [1.29, 1.82) is 0 Å². The number of hydrogen-bond donors (Lipinski definition) is 0. The van der Waals surface area contributed by atoms with E-state index in [1.165, 1.54) is 17.0 Å². The molecule has 7 nitrogen and oxygen atoms in total. The number of carbonyl (C=O) groups excluding carboxylic acids is 1. The van der Waals surface area contributed by atoms with Gasteiger partial charge < -0.3 is 18.8 Å². The third-order valence-electron chi connectivity index (χ3n) is 5.27. The lowest BCUT2D eigenvalue weighted by Gasteiger charge is -2.36. The van der Waals surface area contributed by atoms with Crippen molar-refractivity contribution in [2.45, 2.75) is 13.1 Å². The molecule has 1 saturated heterocycles. The second kappa shape index (κ2) is 7.19. The second-order valence-corrected chi connectivity index (χ2v) is 7.20. The Balaban J connectivity index is 1.55. The van der Waals surface area contributed by atoms with E-state index in [0.29, 0.717) is 37.6 Å². The van der Waals surface area contributed by atoms with Crippen molar-refractivity contribution in [3.63, 3.8) is 0 Å². The number of hydrogen-bond acceptors (Lipinski definition) is 5. The standard InChI is InChI=1S/C20H19F3N4O3/c1-12-15(16-17(30-12)24-11-25(2)18(16)28)19(29)27-8-6-26(7-9-27)14-5-3-4-13(10-14)20(21,22)23/h3-5,10-11H,6-9H2,1-2H3. The molecule has 0 unspecified atom stereocenters. The summed E-state index contributed by atoms with van der Waals surface area (Å²) in [6, 6.07) is 5.14. The van der Waals surface area contributed by atoms with Crippen LogP contribution >= 0.6 is 0 Å². The zero-order valence-electron chi connectivity index (χ0n) is 16.4. The number of amides is 1. The maximum Gasteiger partial charge on any atom is 0.416 e. The normalized spacial score (nSPS) is 15.1. The Hall–Kier alpha value is -3.30. The Kier molecular flexibility index (Phi) is 4.79. The molecular weight excluding hydrogens is 401 g/mol. The van der Waals surface area contributed by atoms with Gasteiger partial charge in [0.25, 0.3) is 11.5 Å². The van der Waals surface area contributed by atoms with Crippen LogP contribution < -0.4 is 10.5 Å². The lowest BCUT2D eigenvalue weighted by molar-refractivity contribution is -0.137. The number of aryl methyl sites for hydroxylation is 2. The number of fused-ring (bicyclic) bond motifs is 1. The minimum atomic E-state index is -4.41. The molecule has 1 fully saturated rings. The molecular formula is C20H19F3N4O3. The molecule has 0 radical (unpaired) electrons. The van der Waals surface area contributed by atoms with Crippen LogP contribution in [0.25, 0.3) is 11.1 Å². The van der Waals surface area contributed by atoms with Gasteiger partial charge >= 0.3 is 6.18 Å². The number of carbonyl (C=O) groups is 1. The van der Waals surface area contributed by atoms with Crippen LogP contribution in [0, 0.1) is 6.92 Å². The van der Waals surface area contributed by atoms with Crippen LogP contribution in [0.5, 0.6) is 0 Å². The first-order chi connectivity index (χ1) is 14.2. The molecule has 0 saturated carbocycles. The second-order valence-electron chi connectivity index (χ2n) is 7.20. The van der Waals surface area contributed by atoms with Crippen molar-refractivity contribution in [1.82, 2.24) is 14.5 Å². The topological polar surface area (TPSA) is 71.6 Å². The first-order valence-electron chi connectivity index (χ1n) is 9.33. The Morgan fingerprint density at radius 3 is 2.53 bits per heavy atom. The molecule has 30 heavy (non-hydrogen) atoms. The third-order valence-corrected chi connectivity index (χ3v) is 5.27. The summed E-state index contributed by atoms with van der Waals surface area (Å²) >= 11 is 0. The molecule has 0 bridgehead atoms. The number of aromatic nitrogens is 2. The number of rotatable bonds is 2. The van der Waals surface area contributed by atoms with Crippen LogP contribution in [0.2, 0.25) is 0 Å². The van der Waals surface area contributed by atoms with Gasteiger partial charge in [-0.3, -0.25) is 9.59 Å². The SMILES string of the molecule is Cc1oc2ncn(C)c(=O)c2c1C(=O)N1CCN(c2cccc(C(F)(F)F)c2)CC1. The fourth-order valence-corrected chi connectivity index (χ4v) is 3.65. The summed E-state index contributed by atoms with van der Waals surface area (Å²) in [6.45, 7) is 2.97. The van der Waals surface area contributed by atoms with Crippen LogP contribution in [0.15, 0.2) is 39.8 Å². The lowest BCUT2D eigenvalue weighted by atomic mass is 10.1. The predicted octanol–water partition coefficient (Wildman–Crippen LogP) is 2.82. The number of alkyl halides is 3. The summed E-state index contributed by atoms with van der Waals surface area (Å²) in [5.41, 5.74) is -0.321. The molecule has 0 aliphatic carbocycles. The van der Waals surface area contributed by atoms with E-state index in [9.17, 15) is 22.8 Å². The molecule has 4 rings (SSSR count). The van der Waals surface area contributed by atoms with E-state index in [1.54, 1.807) is 29.8 Å². The smallest absolute Gasteiger partial charge is 0.416 e. The highest BCUT2D eigenvalue weighted by Crippen LogP contribution is 2.32. The van der Waals surface area contributed by atoms with E-state index in [0.717, 1.165) is 12.1 Å². The van der Waals surface area contributed by atoms with Gasteiger partial charge in [-0.15, -0.1) is 0 Å². The van der Waals surface area contributed by atoms with Crippen molar-refractivity contribution in [3.05, 3.63) is 57.8 Å². The number of furan rings is 1. The molecule has 1 aromatic carbocycles. The Labute approximate surface area is 169 Å². The molecule has 1 aliphatic heterocycles. The first kappa shape index (κ1) is 20.0. The van der Waals surface area contributed by atoms with Crippen molar-refractivity contribution in [2.75, 3.05) is 31.1 Å². The summed E-state index contributed by atoms with van der Waals surface area (Å²) < 4.78 is 45.7. The van der Waals surface area contributed by atoms with E-state index in [-0.39, 0.29) is 28.1 Å². The summed E-state index contributed by atoms with van der Waals surface area (Å²) in [7, 11) is 1.54. The van der Waals surface area contributed by atoms with Crippen molar-refractivity contribution in [2.24, 2.45) is 7.05 Å². The van der Waals surface area contributed by atoms with Gasteiger partial charge in [-0.2, -0.15) is 13.2 Å². The Morgan fingerprint density at radius 2 is 1.87 bits per heavy atom. The van der Waals surface area contributed by atoms with Crippen molar-refractivity contribution >= 4 is 22.7 Å². The molecule has 0 N–H and O–H groups in total. The van der Waals surface area contributed by atoms with Gasteiger partial charge in [-0.1, -0.05) is 6.07 Å². The number of anilines is 1. The zero-order valence-corrected chi connectivity index (χ0v) is 16.4. The maximum atomic E-state index is 13.1. The van der Waals surface area contributed by atoms with Crippen LogP contribution in [0.1, 0.15) is 21.7 Å². The third kappa shape index (κ3) is 3.42. The molecule has 1 amide bonds. The van der Waals surface area contributed by atoms with Gasteiger partial charge in [0.2, 0.25) is 5.71 Å². The van der Waals surface area contributed by atoms with Gasteiger partial charge in [-0.25, -0.2) is 4.98 Å². The zero-order chi connectivity index (χ0) is 21.6. The van der Waals surface area contributed by atoms with Gasteiger partial charge in [-0.05, 0) is 25.1 Å². The average molecular weight is 420 g/mol. The van der Waals surface area contributed by atoms with E-state index < -0.39 is 11.7 Å². The molecule has 3 aromatic rings. The number of piperazine rings is 1. The fraction of sp³-hybridized carbons (Fsp3) is 0.350. The summed E-state index contributed by atoms with van der Waals surface area (Å²) in [6.07, 6.45) is -3.08. The fourth-order valence-electron chi connectivity index (χ4n) is 3.65. The summed E-state index contributed by atoms with van der Waals surface area (Å²) in [5, 5.41) is 0.141. The van der Waals surface area contributed by atoms with Crippen LogP contribution in [0.4, 0.5) is 18.9 Å². The maximum absolute atomic E-state index is 13.1. The lowest BCUT2D eigenvalue weighted by Crippen LogP contribution is -2.49. The Bertz CT molecular complexity index is 1170. The average Bonchev–Trinajstić information content (AvgIpc) is 3.06. The number of nitrogens with zero attached hydrogens (tertiary/aromatic N) is 4. The monoisotopic (exact) mass is 420 g/mol. The molecule has 3 heterocycles. The predicted molar refractivity (Wildman–Crippen MR) is 104 cm³/mol. The van der Waals surface area contributed by atoms with Crippen LogP contribution in [0.3, 0.4) is 0 Å². The quantitative estimate of drug-likeness (QED) is 0.638. The highest BCUT2D eigenvalue weighted by Gasteiger charge is 2.32. The number of benzene rings is 1. The highest BCUT2D eigenvalue weighted by molar-refractivity contribution is 6.06. The molecule has 2 aromatic heterocycles. The van der Waals surface area contributed by atoms with Crippen LogP contribution in [-0.2, 0) is 13.2 Å². The van der Waals surface area contributed by atoms with Gasteiger partial charge in [0, 0.05) is 38.9 Å². The minimum Gasteiger partial charge on any atom is -0.442 e. The molecule has 0 spiro atoms. The van der Waals surface area contributed by atoms with E-state index in [1.807, 2.05) is 0 Å². The molecule has 1 aliphatic rings. The largest absolute Gasteiger partial charge is 0.442 e. The molecule has 0 atom stereocenters. The molecule has 158 valence electrons. The van der Waals surface area contributed by atoms with Crippen LogP contribution in [-0.4, -0.2) is 46.5 Å². The van der Waals surface area contributed by atoms with Gasteiger partial charge in [0.05, 0.1) is 11.1 Å². The molecule has 10 heteroatoms. The van der Waals surface area contributed by atoms with E-state index >= 15 is 0 Å². The highest BCUT2D eigenvalue weighted by atomic mass is 19.4. The van der Waals surface area contributed by atoms with Gasteiger partial charge in [0.1, 0.15) is 17.5 Å². The van der Waals surface area contributed by atoms with Crippen molar-refractivity contribution < 1.29 is 22.4 Å². The van der Waals surface area contributed by atoms with E-state index in [2.05, 4.69) is 4.98 Å². The van der Waals surface area contributed by atoms with Gasteiger partial charge in [0.15, 0.2) is 0 Å². The first-order valence-corrected chi connectivity index (χ1v) is 9.33. The van der Waals surface area contributed by atoms with Crippen molar-refractivity contribution in [3.8, 4) is 0 Å². The summed E-state index contributed by atoms with van der Waals surface area (Å²) in [4.78, 5) is 33.0. The Morgan fingerprint density at radius 1 is 1.17 bits per heavy atom. The van der Waals surface area contributed by atoms with E-state index in [4.69, 9.17) is 4.42 Å².